The van der Waals surface area contributed by atoms with Crippen molar-refractivity contribution in [2.75, 3.05) is 6.54 Å². The van der Waals surface area contributed by atoms with Crippen LogP contribution in [0.4, 0.5) is 0 Å². The van der Waals surface area contributed by atoms with Gasteiger partial charge in [0.1, 0.15) is 0 Å². The molecule has 0 saturated carbocycles. The number of rotatable bonds is 4. The van der Waals surface area contributed by atoms with E-state index in [2.05, 4.69) is 29.2 Å². The number of hydrogen-bond acceptors (Lipinski definition) is 2. The number of aromatic amines is 1. The van der Waals surface area contributed by atoms with Crippen LogP contribution in [-0.4, -0.2) is 11.5 Å². The first kappa shape index (κ1) is 15.2. The van der Waals surface area contributed by atoms with Gasteiger partial charge in [-0.25, -0.2) is 0 Å². The molecule has 1 heterocycles. The van der Waals surface area contributed by atoms with E-state index in [1.54, 1.807) is 25.3 Å². The van der Waals surface area contributed by atoms with Crippen LogP contribution < -0.4 is 11.3 Å². The fourth-order valence-electron chi connectivity index (χ4n) is 1.62. The molecule has 1 aromatic heterocycles. The van der Waals surface area contributed by atoms with Crippen molar-refractivity contribution in [3.8, 4) is 0 Å². The molecule has 2 aromatic rings. The van der Waals surface area contributed by atoms with Gasteiger partial charge in [0.15, 0.2) is 0 Å². The Balaban J connectivity index is 0.000000200. The molecule has 0 fully saturated rings. The van der Waals surface area contributed by atoms with Crippen LogP contribution in [0.1, 0.15) is 24.0 Å². The van der Waals surface area contributed by atoms with Crippen LogP contribution in [0.3, 0.4) is 0 Å². The van der Waals surface area contributed by atoms with Crippen molar-refractivity contribution in [3.63, 3.8) is 0 Å². The van der Waals surface area contributed by atoms with Gasteiger partial charge in [-0.15, -0.1) is 0 Å². The molecule has 0 aliphatic rings. The zero-order valence-electron chi connectivity index (χ0n) is 11.4. The number of pyridine rings is 1. The van der Waals surface area contributed by atoms with E-state index in [1.807, 2.05) is 6.07 Å². The van der Waals surface area contributed by atoms with Crippen LogP contribution in [0, 0.1) is 6.92 Å². The van der Waals surface area contributed by atoms with Crippen molar-refractivity contribution < 1.29 is 0 Å². The molecule has 2 rings (SSSR count). The molecule has 0 aliphatic heterocycles. The zero-order chi connectivity index (χ0) is 13.9. The zero-order valence-corrected chi connectivity index (χ0v) is 11.4. The average molecular weight is 258 g/mol. The first-order valence-electron chi connectivity index (χ1n) is 6.62. The Hall–Kier alpha value is -1.87. The molecule has 3 heteroatoms. The summed E-state index contributed by atoms with van der Waals surface area (Å²) in [7, 11) is 0. The predicted octanol–water partition coefficient (Wildman–Crippen LogP) is 2.65. The minimum atomic E-state index is -0.00694. The van der Waals surface area contributed by atoms with Gasteiger partial charge in [-0.05, 0) is 44.4 Å². The van der Waals surface area contributed by atoms with Crippen LogP contribution in [0.5, 0.6) is 0 Å². The monoisotopic (exact) mass is 258 g/mol. The summed E-state index contributed by atoms with van der Waals surface area (Å²) < 4.78 is 0. The summed E-state index contributed by atoms with van der Waals surface area (Å²) >= 11 is 0. The van der Waals surface area contributed by atoms with Gasteiger partial charge in [-0.1, -0.05) is 36.4 Å². The number of hydrogen-bond donors (Lipinski definition) is 2. The second kappa shape index (κ2) is 9.11. The van der Waals surface area contributed by atoms with Crippen LogP contribution in [0.15, 0.2) is 53.5 Å². The average Bonchev–Trinajstić information content (AvgIpc) is 2.44. The quantitative estimate of drug-likeness (QED) is 0.828. The molecule has 0 unspecified atom stereocenters. The van der Waals surface area contributed by atoms with E-state index in [0.29, 0.717) is 0 Å². The van der Waals surface area contributed by atoms with Crippen LogP contribution in [0.2, 0.25) is 0 Å². The molecular weight excluding hydrogens is 236 g/mol. The number of unbranched alkanes of at least 4 members (excludes halogenated alkanes) is 1. The Bertz CT molecular complexity index is 505. The lowest BCUT2D eigenvalue weighted by Gasteiger charge is -1.98. The Morgan fingerprint density at radius 3 is 2.32 bits per heavy atom. The van der Waals surface area contributed by atoms with Crippen molar-refractivity contribution >= 4 is 0 Å². The highest BCUT2D eigenvalue weighted by Crippen LogP contribution is 2.03. The van der Waals surface area contributed by atoms with Gasteiger partial charge >= 0.3 is 0 Å². The summed E-state index contributed by atoms with van der Waals surface area (Å²) in [6.45, 7) is 2.59. The third-order valence-corrected chi connectivity index (χ3v) is 2.78. The molecule has 0 amide bonds. The highest BCUT2D eigenvalue weighted by Gasteiger charge is 1.89. The molecule has 0 bridgehead atoms. The first-order chi connectivity index (χ1) is 9.24. The number of benzene rings is 1. The Morgan fingerprint density at radius 2 is 1.79 bits per heavy atom. The van der Waals surface area contributed by atoms with Gasteiger partial charge < -0.3 is 10.7 Å². The predicted molar refractivity (Wildman–Crippen MR) is 80.2 cm³/mol. The minimum absolute atomic E-state index is 0.00694. The van der Waals surface area contributed by atoms with Crippen LogP contribution in [-0.2, 0) is 6.42 Å². The maximum absolute atomic E-state index is 10.6. The van der Waals surface area contributed by atoms with Crippen molar-refractivity contribution in [2.24, 2.45) is 5.73 Å². The van der Waals surface area contributed by atoms with E-state index in [-0.39, 0.29) is 5.56 Å². The van der Waals surface area contributed by atoms with Crippen molar-refractivity contribution in [3.05, 3.63) is 70.1 Å². The van der Waals surface area contributed by atoms with E-state index >= 15 is 0 Å². The molecular formula is C16H22N2O. The molecule has 0 saturated heterocycles. The summed E-state index contributed by atoms with van der Waals surface area (Å²) in [5.41, 5.74) is 7.56. The van der Waals surface area contributed by atoms with Crippen LogP contribution >= 0.6 is 0 Å². The minimum Gasteiger partial charge on any atom is -0.330 e. The molecule has 0 atom stereocenters. The maximum atomic E-state index is 10.6. The number of nitrogens with two attached hydrogens (primary N) is 1. The summed E-state index contributed by atoms with van der Waals surface area (Å²) in [5.74, 6) is 0. The summed E-state index contributed by atoms with van der Waals surface area (Å²) in [4.78, 5) is 13.1. The summed E-state index contributed by atoms with van der Waals surface area (Å²) in [5, 5.41) is 0. The highest BCUT2D eigenvalue weighted by molar-refractivity contribution is 5.14. The van der Waals surface area contributed by atoms with E-state index in [4.69, 9.17) is 5.73 Å². The van der Waals surface area contributed by atoms with E-state index in [1.165, 1.54) is 12.0 Å². The maximum Gasteiger partial charge on any atom is 0.250 e. The largest absolute Gasteiger partial charge is 0.330 e. The third kappa shape index (κ3) is 6.58. The van der Waals surface area contributed by atoms with E-state index in [9.17, 15) is 4.79 Å². The first-order valence-corrected chi connectivity index (χ1v) is 6.62. The molecule has 3 nitrogen and oxygen atoms in total. The number of nitrogens with one attached hydrogen (secondary N) is 1. The second-order valence-electron chi connectivity index (χ2n) is 4.41. The van der Waals surface area contributed by atoms with Gasteiger partial charge in [0.05, 0.1) is 0 Å². The lowest BCUT2D eigenvalue weighted by atomic mass is 10.1. The molecule has 19 heavy (non-hydrogen) atoms. The normalized spacial score (nSPS) is 9.58. The van der Waals surface area contributed by atoms with Gasteiger partial charge in [0.25, 0.3) is 5.56 Å². The van der Waals surface area contributed by atoms with Gasteiger partial charge in [-0.2, -0.15) is 0 Å². The number of aryl methyl sites for hydroxylation is 2. The van der Waals surface area contributed by atoms with Gasteiger partial charge in [-0.3, -0.25) is 4.79 Å². The highest BCUT2D eigenvalue weighted by atomic mass is 16.1. The number of aromatic nitrogens is 1. The van der Waals surface area contributed by atoms with E-state index < -0.39 is 0 Å². The fraction of sp³-hybridized carbons (Fsp3) is 0.312. The Labute approximate surface area is 114 Å². The fourth-order valence-corrected chi connectivity index (χ4v) is 1.62. The standard InChI is InChI=1S/C10H15N.C6H7NO/c11-9-5-4-8-10-6-2-1-3-7-10;1-5-3-2-4-7-6(5)8/h1-3,6-7H,4-5,8-9,11H2;2-4H,1H3,(H,7,8). The Kier molecular flexibility index (Phi) is 7.28. The third-order valence-electron chi connectivity index (χ3n) is 2.78. The van der Waals surface area contributed by atoms with Crippen molar-refractivity contribution in [2.45, 2.75) is 26.2 Å². The molecule has 0 radical (unpaired) electrons. The van der Waals surface area contributed by atoms with E-state index in [0.717, 1.165) is 24.9 Å². The molecule has 3 N–H and O–H groups in total. The van der Waals surface area contributed by atoms with Gasteiger partial charge in [0, 0.05) is 11.8 Å². The number of H-pyrrole nitrogens is 1. The molecule has 102 valence electrons. The topological polar surface area (TPSA) is 58.9 Å². The SMILES string of the molecule is Cc1ccc[nH]c1=O.NCCCCc1ccccc1. The summed E-state index contributed by atoms with van der Waals surface area (Å²) in [6, 6.07) is 14.1. The van der Waals surface area contributed by atoms with Gasteiger partial charge in [0.2, 0.25) is 0 Å². The second-order valence-corrected chi connectivity index (χ2v) is 4.41. The van der Waals surface area contributed by atoms with Crippen molar-refractivity contribution in [1.82, 2.24) is 4.98 Å². The lowest BCUT2D eigenvalue weighted by molar-refractivity contribution is 0.745. The van der Waals surface area contributed by atoms with Crippen molar-refractivity contribution in [1.29, 1.82) is 0 Å². The Morgan fingerprint density at radius 1 is 1.05 bits per heavy atom. The lowest BCUT2D eigenvalue weighted by Crippen LogP contribution is -2.06. The molecule has 0 aliphatic carbocycles. The molecule has 0 spiro atoms. The summed E-state index contributed by atoms with van der Waals surface area (Å²) in [6.07, 6.45) is 5.13. The smallest absolute Gasteiger partial charge is 0.250 e. The van der Waals surface area contributed by atoms with Crippen LogP contribution in [0.25, 0.3) is 0 Å². The molecule has 1 aromatic carbocycles.